The summed E-state index contributed by atoms with van der Waals surface area (Å²) in [6.45, 7) is 7.96. The van der Waals surface area contributed by atoms with E-state index in [9.17, 15) is 4.79 Å². The molecule has 21 heavy (non-hydrogen) atoms. The van der Waals surface area contributed by atoms with E-state index in [1.54, 1.807) is 0 Å². The van der Waals surface area contributed by atoms with Crippen LogP contribution in [0.1, 0.15) is 63.2 Å². The van der Waals surface area contributed by atoms with Crippen LogP contribution < -0.4 is 0 Å². The summed E-state index contributed by atoms with van der Waals surface area (Å²) in [7, 11) is 0. The van der Waals surface area contributed by atoms with E-state index in [0.717, 1.165) is 24.4 Å². The molecule has 1 atom stereocenters. The van der Waals surface area contributed by atoms with Gasteiger partial charge in [-0.3, -0.25) is 4.79 Å². The lowest BCUT2D eigenvalue weighted by Gasteiger charge is -2.57. The van der Waals surface area contributed by atoms with E-state index < -0.39 is 0 Å². The zero-order valence-corrected chi connectivity index (χ0v) is 13.6. The van der Waals surface area contributed by atoms with Gasteiger partial charge >= 0.3 is 0 Å². The van der Waals surface area contributed by atoms with E-state index >= 15 is 0 Å². The number of likely N-dealkylation sites (tertiary alicyclic amines) is 1. The van der Waals surface area contributed by atoms with Crippen LogP contribution in [0, 0.1) is 11.3 Å². The Morgan fingerprint density at radius 3 is 2.38 bits per heavy atom. The van der Waals surface area contributed by atoms with Gasteiger partial charge in [0.25, 0.3) is 5.91 Å². The molecule has 0 aromatic heterocycles. The fourth-order valence-corrected chi connectivity index (χ4v) is 4.04. The molecule has 3 rings (SSSR count). The first-order chi connectivity index (χ1) is 9.92. The van der Waals surface area contributed by atoms with Crippen molar-refractivity contribution < 1.29 is 4.79 Å². The van der Waals surface area contributed by atoms with Gasteiger partial charge in [-0.05, 0) is 55.6 Å². The second-order valence-corrected chi connectivity index (χ2v) is 7.96. The second kappa shape index (κ2) is 5.15. The Kier molecular flexibility index (Phi) is 3.59. The second-order valence-electron chi connectivity index (χ2n) is 7.96. The summed E-state index contributed by atoms with van der Waals surface area (Å²) in [5.74, 6) is 0.972. The third kappa shape index (κ3) is 2.61. The number of carbonyl (C=O) groups is 1. The minimum Gasteiger partial charge on any atom is -0.333 e. The third-order valence-corrected chi connectivity index (χ3v) is 5.68. The molecule has 2 fully saturated rings. The highest BCUT2D eigenvalue weighted by molar-refractivity contribution is 5.94. The van der Waals surface area contributed by atoms with Gasteiger partial charge in [0.1, 0.15) is 0 Å². The van der Waals surface area contributed by atoms with E-state index in [1.807, 2.05) is 30.3 Å². The van der Waals surface area contributed by atoms with Crippen LogP contribution in [0.2, 0.25) is 0 Å². The van der Waals surface area contributed by atoms with E-state index in [2.05, 4.69) is 25.7 Å². The Morgan fingerprint density at radius 1 is 1.19 bits per heavy atom. The van der Waals surface area contributed by atoms with Crippen LogP contribution in [0.4, 0.5) is 0 Å². The number of hydrogen-bond donors (Lipinski definition) is 0. The van der Waals surface area contributed by atoms with Crippen molar-refractivity contribution in [2.75, 3.05) is 6.54 Å². The van der Waals surface area contributed by atoms with Gasteiger partial charge in [0.05, 0.1) is 0 Å². The first-order valence-electron chi connectivity index (χ1n) is 8.29. The van der Waals surface area contributed by atoms with Crippen LogP contribution in [0.3, 0.4) is 0 Å². The summed E-state index contributed by atoms with van der Waals surface area (Å²) < 4.78 is 0. The number of rotatable bonds is 1. The summed E-state index contributed by atoms with van der Waals surface area (Å²) in [5, 5.41) is 0. The Labute approximate surface area is 128 Å². The predicted octanol–water partition coefficient (Wildman–Crippen LogP) is 4.51. The lowest BCUT2D eigenvalue weighted by molar-refractivity contribution is -0.0420. The molecule has 1 aromatic rings. The number of nitrogens with zero attached hydrogens (tertiary/aromatic N) is 1. The van der Waals surface area contributed by atoms with Crippen LogP contribution >= 0.6 is 0 Å². The highest BCUT2D eigenvalue weighted by Gasteiger charge is 2.50. The van der Waals surface area contributed by atoms with Crippen molar-refractivity contribution in [2.45, 2.75) is 58.4 Å². The summed E-state index contributed by atoms with van der Waals surface area (Å²) in [4.78, 5) is 15.1. The van der Waals surface area contributed by atoms with Crippen molar-refractivity contribution in [2.24, 2.45) is 11.3 Å². The molecule has 1 aliphatic carbocycles. The molecule has 0 N–H and O–H groups in total. The molecule has 0 radical (unpaired) electrons. The van der Waals surface area contributed by atoms with Gasteiger partial charge in [0, 0.05) is 17.6 Å². The van der Waals surface area contributed by atoms with E-state index in [1.165, 1.54) is 25.7 Å². The smallest absolute Gasteiger partial charge is 0.254 e. The largest absolute Gasteiger partial charge is 0.333 e. The van der Waals surface area contributed by atoms with E-state index in [4.69, 9.17) is 0 Å². The SMILES string of the molecule is CC(C)(C)C1CCN(C(=O)c2ccccc2)C2(CCC2)C1. The zero-order chi connectivity index (χ0) is 15.1. The Hall–Kier alpha value is -1.31. The molecule has 0 bridgehead atoms. The molecule has 1 aromatic carbocycles. The fourth-order valence-electron chi connectivity index (χ4n) is 4.04. The number of amides is 1. The van der Waals surface area contributed by atoms with Crippen LogP contribution in [-0.4, -0.2) is 22.9 Å². The lowest BCUT2D eigenvalue weighted by Crippen LogP contribution is -2.61. The maximum absolute atomic E-state index is 12.9. The van der Waals surface area contributed by atoms with Gasteiger partial charge in [-0.15, -0.1) is 0 Å². The van der Waals surface area contributed by atoms with Crippen molar-refractivity contribution in [3.8, 4) is 0 Å². The zero-order valence-electron chi connectivity index (χ0n) is 13.6. The van der Waals surface area contributed by atoms with Gasteiger partial charge in [-0.25, -0.2) is 0 Å². The molecular formula is C19H27NO. The molecular weight excluding hydrogens is 258 g/mol. The van der Waals surface area contributed by atoms with Crippen molar-refractivity contribution in [3.63, 3.8) is 0 Å². The molecule has 2 nitrogen and oxygen atoms in total. The predicted molar refractivity (Wildman–Crippen MR) is 86.2 cm³/mol. The standard InChI is InChI=1S/C19H27NO/c1-18(2,3)16-10-13-20(19(14-16)11-7-12-19)17(21)15-8-5-4-6-9-15/h4-6,8-9,16H,7,10-14H2,1-3H3. The number of carbonyl (C=O) groups excluding carboxylic acids is 1. The summed E-state index contributed by atoms with van der Waals surface area (Å²) in [6, 6.07) is 9.79. The summed E-state index contributed by atoms with van der Waals surface area (Å²) in [6.07, 6.45) is 5.99. The molecule has 114 valence electrons. The molecule has 1 spiro atoms. The van der Waals surface area contributed by atoms with E-state index in [0.29, 0.717) is 5.41 Å². The van der Waals surface area contributed by atoms with E-state index in [-0.39, 0.29) is 11.4 Å². The van der Waals surface area contributed by atoms with Crippen molar-refractivity contribution in [3.05, 3.63) is 35.9 Å². The minimum atomic E-state index is 0.156. The Balaban J connectivity index is 1.82. The van der Waals surface area contributed by atoms with Crippen molar-refractivity contribution in [1.29, 1.82) is 0 Å². The Morgan fingerprint density at radius 2 is 1.86 bits per heavy atom. The average Bonchev–Trinajstić information content (AvgIpc) is 2.44. The normalized spacial score (nSPS) is 24.7. The highest BCUT2D eigenvalue weighted by atomic mass is 16.2. The van der Waals surface area contributed by atoms with Gasteiger partial charge in [-0.1, -0.05) is 39.0 Å². The van der Waals surface area contributed by atoms with Crippen LogP contribution in [-0.2, 0) is 0 Å². The topological polar surface area (TPSA) is 20.3 Å². The maximum atomic E-state index is 12.9. The summed E-state index contributed by atoms with van der Waals surface area (Å²) in [5.41, 5.74) is 1.35. The first-order valence-corrected chi connectivity index (χ1v) is 8.29. The van der Waals surface area contributed by atoms with Crippen LogP contribution in [0.25, 0.3) is 0 Å². The maximum Gasteiger partial charge on any atom is 0.254 e. The van der Waals surface area contributed by atoms with Crippen LogP contribution in [0.5, 0.6) is 0 Å². The number of piperidine rings is 1. The van der Waals surface area contributed by atoms with Crippen molar-refractivity contribution in [1.82, 2.24) is 4.90 Å². The van der Waals surface area contributed by atoms with Gasteiger partial charge in [0.2, 0.25) is 0 Å². The highest BCUT2D eigenvalue weighted by Crippen LogP contribution is 2.50. The minimum absolute atomic E-state index is 0.156. The molecule has 1 heterocycles. The quantitative estimate of drug-likeness (QED) is 0.743. The number of benzene rings is 1. The monoisotopic (exact) mass is 285 g/mol. The molecule has 1 saturated heterocycles. The third-order valence-electron chi connectivity index (χ3n) is 5.68. The molecule has 2 heteroatoms. The molecule has 1 saturated carbocycles. The molecule has 1 aliphatic heterocycles. The lowest BCUT2D eigenvalue weighted by atomic mass is 9.62. The van der Waals surface area contributed by atoms with Gasteiger partial charge < -0.3 is 4.90 Å². The number of hydrogen-bond acceptors (Lipinski definition) is 1. The average molecular weight is 285 g/mol. The fraction of sp³-hybridized carbons (Fsp3) is 0.632. The first kappa shape index (κ1) is 14.6. The summed E-state index contributed by atoms with van der Waals surface area (Å²) >= 11 is 0. The van der Waals surface area contributed by atoms with Crippen LogP contribution in [0.15, 0.2) is 30.3 Å². The van der Waals surface area contributed by atoms with Gasteiger partial charge in [0.15, 0.2) is 0 Å². The van der Waals surface area contributed by atoms with Gasteiger partial charge in [-0.2, -0.15) is 0 Å². The molecule has 2 aliphatic rings. The molecule has 1 amide bonds. The molecule has 1 unspecified atom stereocenters. The van der Waals surface area contributed by atoms with Crippen molar-refractivity contribution >= 4 is 5.91 Å². The Bertz CT molecular complexity index is 510.